The molecule has 9 heteroatoms. The van der Waals surface area contributed by atoms with E-state index in [0.29, 0.717) is 27.8 Å². The Morgan fingerprint density at radius 2 is 1.56 bits per heavy atom. The van der Waals surface area contributed by atoms with E-state index in [9.17, 15) is 18.8 Å². The van der Waals surface area contributed by atoms with Gasteiger partial charge in [-0.1, -0.05) is 30.3 Å². The Kier molecular flexibility index (Phi) is 6.02. The Bertz CT molecular complexity index is 1490. The molecule has 0 aliphatic heterocycles. The third-order valence-electron chi connectivity index (χ3n) is 5.59. The fourth-order valence-corrected chi connectivity index (χ4v) is 3.96. The van der Waals surface area contributed by atoms with Crippen molar-refractivity contribution in [2.75, 3.05) is 0 Å². The average molecular weight is 461 g/mol. The zero-order valence-electron chi connectivity index (χ0n) is 19.2. The number of benzene rings is 2. The summed E-state index contributed by atoms with van der Waals surface area (Å²) >= 11 is 0. The molecule has 0 saturated carbocycles. The highest BCUT2D eigenvalue weighted by Crippen LogP contribution is 2.23. The number of carbonyl (C=O) groups is 2. The minimum Gasteiger partial charge on any atom is -0.315 e. The van der Waals surface area contributed by atoms with Gasteiger partial charge >= 0.3 is 0 Å². The van der Waals surface area contributed by atoms with E-state index >= 15 is 0 Å². The van der Waals surface area contributed by atoms with Crippen molar-refractivity contribution in [2.24, 2.45) is 0 Å². The van der Waals surface area contributed by atoms with Crippen LogP contribution in [0.2, 0.25) is 0 Å². The van der Waals surface area contributed by atoms with E-state index in [1.165, 1.54) is 10.7 Å². The smallest absolute Gasteiger partial charge is 0.290 e. The van der Waals surface area contributed by atoms with Crippen LogP contribution in [0.3, 0.4) is 0 Å². The second kappa shape index (κ2) is 8.93. The zero-order valence-corrected chi connectivity index (χ0v) is 19.2. The summed E-state index contributed by atoms with van der Waals surface area (Å²) in [5, 5.41) is 4.97. The number of hydrogen-bond donors (Lipinski definition) is 2. The molecule has 0 atom stereocenters. The maximum absolute atomic E-state index is 14.3. The van der Waals surface area contributed by atoms with Crippen molar-refractivity contribution >= 4 is 22.6 Å². The number of fused-ring (bicyclic) bond motifs is 1. The van der Waals surface area contributed by atoms with Crippen LogP contribution in [0.1, 0.15) is 52.1 Å². The summed E-state index contributed by atoms with van der Waals surface area (Å²) in [5.41, 5.74) is 6.29. The van der Waals surface area contributed by atoms with Crippen LogP contribution in [-0.2, 0) is 0 Å². The maximum atomic E-state index is 14.3. The highest BCUT2D eigenvalue weighted by molar-refractivity contribution is 6.06. The molecule has 0 unspecified atom stereocenters. The van der Waals surface area contributed by atoms with Gasteiger partial charge in [0.05, 0.1) is 22.7 Å². The first-order valence-electron chi connectivity index (χ1n) is 10.8. The van der Waals surface area contributed by atoms with Gasteiger partial charge in [0.1, 0.15) is 5.82 Å². The first-order chi connectivity index (χ1) is 16.2. The number of carbonyl (C=O) groups excluding carboxylic acids is 2. The molecule has 0 aliphatic carbocycles. The number of aromatic nitrogens is 3. The maximum Gasteiger partial charge on any atom is 0.290 e. The van der Waals surface area contributed by atoms with Crippen LogP contribution in [0.4, 0.5) is 4.39 Å². The van der Waals surface area contributed by atoms with Gasteiger partial charge in [0.2, 0.25) is 0 Å². The quantitative estimate of drug-likeness (QED) is 0.454. The van der Waals surface area contributed by atoms with Crippen molar-refractivity contribution in [3.63, 3.8) is 0 Å². The molecule has 2 aromatic carbocycles. The molecule has 2 amide bonds. The molecule has 174 valence electrons. The van der Waals surface area contributed by atoms with Gasteiger partial charge < -0.3 is 4.57 Å². The molecular weight excluding hydrogens is 437 g/mol. The van der Waals surface area contributed by atoms with E-state index in [4.69, 9.17) is 0 Å². The molecular formula is C25H24FN5O3. The Morgan fingerprint density at radius 1 is 0.941 bits per heavy atom. The molecule has 0 fully saturated rings. The van der Waals surface area contributed by atoms with E-state index in [2.05, 4.69) is 16.0 Å². The number of halogens is 1. The van der Waals surface area contributed by atoms with Gasteiger partial charge in [-0.05, 0) is 52.0 Å². The van der Waals surface area contributed by atoms with Gasteiger partial charge in [-0.25, -0.2) is 9.07 Å². The monoisotopic (exact) mass is 461 g/mol. The minimum atomic E-state index is -0.665. The molecule has 2 N–H and O–H groups in total. The highest BCUT2D eigenvalue weighted by Gasteiger charge is 2.21. The van der Waals surface area contributed by atoms with Gasteiger partial charge in [0.25, 0.3) is 17.4 Å². The lowest BCUT2D eigenvalue weighted by Gasteiger charge is -2.14. The van der Waals surface area contributed by atoms with Crippen molar-refractivity contribution in [2.45, 2.75) is 33.7 Å². The number of para-hydroxylation sites is 1. The number of nitrogens with zero attached hydrogens (tertiary/aromatic N) is 3. The van der Waals surface area contributed by atoms with Gasteiger partial charge in [-0.3, -0.25) is 25.2 Å². The van der Waals surface area contributed by atoms with Crippen molar-refractivity contribution < 1.29 is 14.0 Å². The number of nitrogens with one attached hydrogen (secondary N) is 2. The largest absolute Gasteiger partial charge is 0.315 e. The van der Waals surface area contributed by atoms with Crippen LogP contribution >= 0.6 is 0 Å². The number of hydrogen-bond acceptors (Lipinski definition) is 4. The molecule has 4 aromatic rings. The van der Waals surface area contributed by atoms with E-state index in [-0.39, 0.29) is 22.9 Å². The van der Waals surface area contributed by atoms with Crippen LogP contribution in [0.25, 0.3) is 16.5 Å². The van der Waals surface area contributed by atoms with Gasteiger partial charge in [-0.2, -0.15) is 5.10 Å². The normalized spacial score (nSPS) is 11.1. The van der Waals surface area contributed by atoms with Crippen LogP contribution < -0.4 is 16.4 Å². The number of aryl methyl sites for hydroxylation is 1. The lowest BCUT2D eigenvalue weighted by Crippen LogP contribution is -2.43. The summed E-state index contributed by atoms with van der Waals surface area (Å²) in [7, 11) is 0. The van der Waals surface area contributed by atoms with Crippen molar-refractivity contribution in [1.29, 1.82) is 0 Å². The molecule has 0 saturated heterocycles. The van der Waals surface area contributed by atoms with Crippen LogP contribution in [-0.4, -0.2) is 26.2 Å². The third-order valence-corrected chi connectivity index (χ3v) is 5.59. The summed E-state index contributed by atoms with van der Waals surface area (Å²) in [5.74, 6) is -1.64. The van der Waals surface area contributed by atoms with Crippen molar-refractivity contribution in [3.8, 4) is 5.69 Å². The van der Waals surface area contributed by atoms with Gasteiger partial charge in [0, 0.05) is 16.8 Å². The van der Waals surface area contributed by atoms with E-state index in [1.807, 2.05) is 0 Å². The lowest BCUT2D eigenvalue weighted by atomic mass is 10.1. The predicted molar refractivity (Wildman–Crippen MR) is 127 cm³/mol. The molecule has 0 radical (unpaired) electrons. The molecule has 0 bridgehead atoms. The summed E-state index contributed by atoms with van der Waals surface area (Å²) < 4.78 is 17.2. The summed E-state index contributed by atoms with van der Waals surface area (Å²) in [6.45, 7) is 7.04. The van der Waals surface area contributed by atoms with Gasteiger partial charge in [0.15, 0.2) is 5.69 Å². The first-order valence-corrected chi connectivity index (χ1v) is 10.8. The molecule has 2 heterocycles. The molecule has 0 spiro atoms. The number of hydrazine groups is 1. The lowest BCUT2D eigenvalue weighted by molar-refractivity contribution is 0.0843. The zero-order chi connectivity index (χ0) is 24.6. The SMILES string of the molecule is Cc1cc(C(=O)NNC(=O)c2nn(C(C)C)c(=O)c3ccccc23)c(C)n1-c1ccccc1F. The highest BCUT2D eigenvalue weighted by atomic mass is 19.1. The standard InChI is InChI=1S/C25H24FN5O3/c1-14(2)31-25(34)18-10-6-5-9-17(18)22(29-31)24(33)28-27-23(32)19-13-15(3)30(16(19)4)21-12-8-7-11-20(21)26/h5-14H,1-4H3,(H,27,32)(H,28,33). The van der Waals surface area contributed by atoms with E-state index in [1.54, 1.807) is 80.8 Å². The summed E-state index contributed by atoms with van der Waals surface area (Å²) in [6.07, 6.45) is 0. The van der Waals surface area contributed by atoms with E-state index in [0.717, 1.165) is 0 Å². The molecule has 2 aromatic heterocycles. The van der Waals surface area contributed by atoms with Crippen LogP contribution in [0, 0.1) is 19.7 Å². The third kappa shape index (κ3) is 3.96. The van der Waals surface area contributed by atoms with Crippen molar-refractivity contribution in [1.82, 2.24) is 25.2 Å². The predicted octanol–water partition coefficient (Wildman–Crippen LogP) is 3.60. The summed E-state index contributed by atoms with van der Waals surface area (Å²) in [6, 6.07) is 14.3. The molecule has 4 rings (SSSR count). The second-order valence-corrected chi connectivity index (χ2v) is 8.22. The number of rotatable bonds is 4. The first kappa shape index (κ1) is 22.9. The van der Waals surface area contributed by atoms with Crippen molar-refractivity contribution in [3.05, 3.63) is 93.4 Å². The van der Waals surface area contributed by atoms with Crippen LogP contribution in [0.15, 0.2) is 59.4 Å². The topological polar surface area (TPSA) is 98.0 Å². The molecule has 0 aliphatic rings. The minimum absolute atomic E-state index is 0.0148. The Balaban J connectivity index is 1.62. The Morgan fingerprint density at radius 3 is 2.24 bits per heavy atom. The van der Waals surface area contributed by atoms with Crippen LogP contribution in [0.5, 0.6) is 0 Å². The summed E-state index contributed by atoms with van der Waals surface area (Å²) in [4.78, 5) is 38.5. The second-order valence-electron chi connectivity index (χ2n) is 8.22. The average Bonchev–Trinajstić information content (AvgIpc) is 3.11. The fraction of sp³-hybridized carbons (Fsp3) is 0.200. The Labute approximate surface area is 195 Å². The fourth-order valence-electron chi connectivity index (χ4n) is 3.96. The molecule has 8 nitrogen and oxygen atoms in total. The molecule has 34 heavy (non-hydrogen) atoms. The van der Waals surface area contributed by atoms with Gasteiger partial charge in [-0.15, -0.1) is 0 Å². The number of amides is 2. The van der Waals surface area contributed by atoms with E-state index < -0.39 is 17.6 Å². The Hall–Kier alpha value is -4.27.